The average Bonchev–Trinajstić information content (AvgIpc) is 2.82. The number of aliphatic hydroxyl groups excluding tert-OH is 1. The van der Waals surface area contributed by atoms with Crippen molar-refractivity contribution in [2.45, 2.75) is 24.5 Å². The normalized spacial score (nSPS) is 13.3. The van der Waals surface area contributed by atoms with E-state index in [1.807, 2.05) is 0 Å². The maximum Gasteiger partial charge on any atom is 0.240 e. The third-order valence-electron chi connectivity index (χ3n) is 2.72. The van der Waals surface area contributed by atoms with Crippen molar-refractivity contribution in [1.29, 1.82) is 0 Å². The number of thiophene rings is 1. The van der Waals surface area contributed by atoms with E-state index in [0.717, 1.165) is 4.88 Å². The number of hydrogen-bond donors (Lipinski definition) is 2. The molecule has 4 nitrogen and oxygen atoms in total. The summed E-state index contributed by atoms with van der Waals surface area (Å²) in [6.45, 7) is 1.78. The first-order valence-corrected chi connectivity index (χ1v) is 8.58. The number of rotatable bonds is 5. The van der Waals surface area contributed by atoms with Crippen LogP contribution >= 0.6 is 22.9 Å². The Morgan fingerprint density at radius 3 is 2.70 bits per heavy atom. The largest absolute Gasteiger partial charge is 0.389 e. The molecule has 0 aliphatic carbocycles. The highest BCUT2D eigenvalue weighted by Crippen LogP contribution is 2.22. The molecule has 0 bridgehead atoms. The highest BCUT2D eigenvalue weighted by atomic mass is 35.5. The molecule has 0 radical (unpaired) electrons. The molecular weight excluding hydrogens is 318 g/mol. The molecule has 2 rings (SSSR count). The molecule has 1 atom stereocenters. The van der Waals surface area contributed by atoms with Crippen molar-refractivity contribution in [2.75, 3.05) is 0 Å². The number of benzene rings is 1. The quantitative estimate of drug-likeness (QED) is 0.885. The minimum atomic E-state index is -3.60. The van der Waals surface area contributed by atoms with E-state index >= 15 is 0 Å². The lowest BCUT2D eigenvalue weighted by Gasteiger charge is -2.09. The SMILES string of the molecule is CC(O)c1cccc(S(=O)(=O)NCc2ccc(Cl)s2)c1. The topological polar surface area (TPSA) is 66.4 Å². The molecule has 0 aliphatic heterocycles. The molecule has 0 aliphatic rings. The van der Waals surface area contributed by atoms with Crippen LogP contribution in [-0.4, -0.2) is 13.5 Å². The fraction of sp³-hybridized carbons (Fsp3) is 0.231. The molecule has 0 amide bonds. The van der Waals surface area contributed by atoms with Crippen LogP contribution < -0.4 is 4.72 Å². The summed E-state index contributed by atoms with van der Waals surface area (Å²) in [5.74, 6) is 0. The number of halogens is 1. The van der Waals surface area contributed by atoms with Crippen LogP contribution in [0.25, 0.3) is 0 Å². The second kappa shape index (κ2) is 6.24. The van der Waals surface area contributed by atoms with Crippen LogP contribution in [0.15, 0.2) is 41.3 Å². The lowest BCUT2D eigenvalue weighted by Crippen LogP contribution is -2.22. The maximum absolute atomic E-state index is 12.2. The van der Waals surface area contributed by atoms with Gasteiger partial charge in [0.05, 0.1) is 15.3 Å². The minimum absolute atomic E-state index is 0.138. The van der Waals surface area contributed by atoms with Gasteiger partial charge in [-0.3, -0.25) is 0 Å². The van der Waals surface area contributed by atoms with Gasteiger partial charge in [0.25, 0.3) is 0 Å². The predicted molar refractivity (Wildman–Crippen MR) is 80.4 cm³/mol. The molecule has 7 heteroatoms. The zero-order valence-corrected chi connectivity index (χ0v) is 13.1. The van der Waals surface area contributed by atoms with Crippen molar-refractivity contribution in [1.82, 2.24) is 4.72 Å². The number of hydrogen-bond acceptors (Lipinski definition) is 4. The van der Waals surface area contributed by atoms with Gasteiger partial charge in [-0.1, -0.05) is 23.7 Å². The Kier molecular flexibility index (Phi) is 4.82. The van der Waals surface area contributed by atoms with Crippen molar-refractivity contribution in [3.8, 4) is 0 Å². The van der Waals surface area contributed by atoms with Gasteiger partial charge in [-0.15, -0.1) is 11.3 Å². The van der Waals surface area contributed by atoms with Crippen LogP contribution in [0.2, 0.25) is 4.34 Å². The van der Waals surface area contributed by atoms with E-state index in [4.69, 9.17) is 11.6 Å². The average molecular weight is 332 g/mol. The van der Waals surface area contributed by atoms with Crippen LogP contribution in [0.5, 0.6) is 0 Å². The van der Waals surface area contributed by atoms with Crippen molar-refractivity contribution in [3.63, 3.8) is 0 Å². The highest BCUT2D eigenvalue weighted by molar-refractivity contribution is 7.89. The smallest absolute Gasteiger partial charge is 0.240 e. The Hall–Kier alpha value is -0.920. The first-order valence-electron chi connectivity index (χ1n) is 5.90. The highest BCUT2D eigenvalue weighted by Gasteiger charge is 2.15. The standard InChI is InChI=1S/C13H14ClNO3S2/c1-9(16)10-3-2-4-12(7-10)20(17,18)15-8-11-5-6-13(14)19-11/h2-7,9,15-16H,8H2,1H3. The van der Waals surface area contributed by atoms with Gasteiger partial charge < -0.3 is 5.11 Å². The van der Waals surface area contributed by atoms with Crippen LogP contribution in [0.3, 0.4) is 0 Å². The second-order valence-electron chi connectivity index (χ2n) is 4.28. The fourth-order valence-electron chi connectivity index (χ4n) is 1.64. The molecule has 1 heterocycles. The molecule has 2 N–H and O–H groups in total. The van der Waals surface area contributed by atoms with E-state index in [1.165, 1.54) is 23.5 Å². The molecule has 0 spiro atoms. The lowest BCUT2D eigenvalue weighted by atomic mass is 10.1. The van der Waals surface area contributed by atoms with Gasteiger partial charge in [0.15, 0.2) is 0 Å². The van der Waals surface area contributed by atoms with Gasteiger partial charge >= 0.3 is 0 Å². The second-order valence-corrected chi connectivity index (χ2v) is 7.85. The van der Waals surface area contributed by atoms with Crippen molar-refractivity contribution in [2.24, 2.45) is 0 Å². The van der Waals surface area contributed by atoms with E-state index in [1.54, 1.807) is 31.2 Å². The van der Waals surface area contributed by atoms with Gasteiger partial charge in [0.2, 0.25) is 10.0 Å². The maximum atomic E-state index is 12.2. The monoisotopic (exact) mass is 331 g/mol. The zero-order valence-electron chi connectivity index (χ0n) is 10.7. The Labute approximate surface area is 127 Å². The van der Waals surface area contributed by atoms with Gasteiger partial charge in [0, 0.05) is 11.4 Å². The Morgan fingerprint density at radius 2 is 2.10 bits per heavy atom. The fourth-order valence-corrected chi connectivity index (χ4v) is 3.82. The van der Waals surface area contributed by atoms with Gasteiger partial charge in [-0.05, 0) is 36.8 Å². The first-order chi connectivity index (χ1) is 9.38. The van der Waals surface area contributed by atoms with Crippen LogP contribution in [0, 0.1) is 0 Å². The van der Waals surface area contributed by atoms with Gasteiger partial charge in [-0.25, -0.2) is 13.1 Å². The van der Waals surface area contributed by atoms with E-state index in [2.05, 4.69) is 4.72 Å². The van der Waals surface area contributed by atoms with Crippen molar-refractivity contribution >= 4 is 33.0 Å². The molecule has 2 aromatic rings. The third kappa shape index (κ3) is 3.80. The minimum Gasteiger partial charge on any atom is -0.389 e. The van der Waals surface area contributed by atoms with Gasteiger partial charge in [-0.2, -0.15) is 0 Å². The molecule has 0 saturated carbocycles. The molecule has 0 fully saturated rings. The van der Waals surface area contributed by atoms with Crippen LogP contribution in [-0.2, 0) is 16.6 Å². The summed E-state index contributed by atoms with van der Waals surface area (Å²) in [5.41, 5.74) is 0.562. The Balaban J connectivity index is 2.15. The Bertz CT molecular complexity index is 695. The van der Waals surface area contributed by atoms with E-state index in [-0.39, 0.29) is 11.4 Å². The third-order valence-corrected chi connectivity index (χ3v) is 5.35. The summed E-state index contributed by atoms with van der Waals surface area (Å²) in [4.78, 5) is 0.976. The lowest BCUT2D eigenvalue weighted by molar-refractivity contribution is 0.199. The number of sulfonamides is 1. The van der Waals surface area contributed by atoms with Crippen LogP contribution in [0.1, 0.15) is 23.5 Å². The molecule has 108 valence electrons. The van der Waals surface area contributed by atoms with Crippen molar-refractivity contribution < 1.29 is 13.5 Å². The zero-order chi connectivity index (χ0) is 14.8. The predicted octanol–water partition coefficient (Wildman–Crippen LogP) is 2.93. The number of aliphatic hydroxyl groups is 1. The first kappa shape index (κ1) is 15.5. The van der Waals surface area contributed by atoms with Gasteiger partial charge in [0.1, 0.15) is 0 Å². The van der Waals surface area contributed by atoms with E-state index in [0.29, 0.717) is 9.90 Å². The molecular formula is C13H14ClNO3S2. The molecule has 0 saturated heterocycles. The molecule has 1 unspecified atom stereocenters. The summed E-state index contributed by atoms with van der Waals surface area (Å²) in [6, 6.07) is 9.76. The van der Waals surface area contributed by atoms with E-state index < -0.39 is 16.1 Å². The summed E-state index contributed by atoms with van der Waals surface area (Å²) < 4.78 is 27.5. The summed E-state index contributed by atoms with van der Waals surface area (Å²) in [7, 11) is -3.60. The summed E-state index contributed by atoms with van der Waals surface area (Å²) in [5, 5.41) is 9.50. The molecule has 1 aromatic carbocycles. The van der Waals surface area contributed by atoms with Crippen molar-refractivity contribution in [3.05, 3.63) is 51.2 Å². The van der Waals surface area contributed by atoms with E-state index in [9.17, 15) is 13.5 Å². The summed E-state index contributed by atoms with van der Waals surface area (Å²) >= 11 is 7.13. The number of nitrogens with one attached hydrogen (secondary N) is 1. The molecule has 20 heavy (non-hydrogen) atoms. The van der Waals surface area contributed by atoms with Crippen LogP contribution in [0.4, 0.5) is 0 Å². The Morgan fingerprint density at radius 1 is 1.35 bits per heavy atom. The summed E-state index contributed by atoms with van der Waals surface area (Å²) in [6.07, 6.45) is -0.707. The molecule has 1 aromatic heterocycles.